The summed E-state index contributed by atoms with van der Waals surface area (Å²) < 4.78 is 15.1. The van der Waals surface area contributed by atoms with Crippen LogP contribution in [0, 0.1) is 5.92 Å². The van der Waals surface area contributed by atoms with Crippen LogP contribution in [0.4, 0.5) is 4.79 Å². The van der Waals surface area contributed by atoms with E-state index in [2.05, 4.69) is 5.32 Å². The second-order valence-corrected chi connectivity index (χ2v) is 4.96. The Morgan fingerprint density at radius 2 is 2.00 bits per heavy atom. The Bertz CT molecular complexity index is 472. The zero-order valence-electron chi connectivity index (χ0n) is 11.9. The zero-order valence-corrected chi connectivity index (χ0v) is 11.9. The summed E-state index contributed by atoms with van der Waals surface area (Å²) in [7, 11) is 0. The van der Waals surface area contributed by atoms with Gasteiger partial charge in [0.2, 0.25) is 0 Å². The maximum Gasteiger partial charge on any atom is 0.408 e. The molecular weight excluding hydrogens is 274 g/mol. The van der Waals surface area contributed by atoms with Gasteiger partial charge in [0.15, 0.2) is 0 Å². The molecule has 1 fully saturated rings. The number of benzene rings is 1. The number of nitrogens with one attached hydrogen (secondary N) is 1. The van der Waals surface area contributed by atoms with Crippen LogP contribution >= 0.6 is 0 Å². The molecule has 1 unspecified atom stereocenters. The number of alkyl carbamates (subject to hydrolysis) is 1. The highest BCUT2D eigenvalue weighted by Crippen LogP contribution is 2.10. The fourth-order valence-corrected chi connectivity index (χ4v) is 1.71. The number of rotatable bonds is 6. The lowest BCUT2D eigenvalue weighted by Crippen LogP contribution is -2.41. The van der Waals surface area contributed by atoms with E-state index in [1.165, 1.54) is 0 Å². The van der Waals surface area contributed by atoms with Gasteiger partial charge in [-0.3, -0.25) is 0 Å². The molecule has 1 aromatic carbocycles. The van der Waals surface area contributed by atoms with E-state index < -0.39 is 18.1 Å². The lowest BCUT2D eigenvalue weighted by atomic mass is 10.1. The maximum absolute atomic E-state index is 11.7. The summed E-state index contributed by atoms with van der Waals surface area (Å²) in [6, 6.07) is 8.57. The largest absolute Gasteiger partial charge is 0.464 e. The van der Waals surface area contributed by atoms with Gasteiger partial charge in [0.1, 0.15) is 12.6 Å². The molecule has 0 aliphatic carbocycles. The molecule has 1 aliphatic heterocycles. The molecule has 6 nitrogen and oxygen atoms in total. The lowest BCUT2D eigenvalue weighted by molar-refractivity contribution is -0.152. The Kier molecular flexibility index (Phi) is 5.57. The van der Waals surface area contributed by atoms with Crippen molar-refractivity contribution in [1.82, 2.24) is 5.32 Å². The number of esters is 1. The molecule has 0 bridgehead atoms. The van der Waals surface area contributed by atoms with Gasteiger partial charge in [-0.25, -0.2) is 9.59 Å². The number of carbonyl (C=O) groups excluding carboxylic acids is 2. The van der Waals surface area contributed by atoms with Crippen molar-refractivity contribution in [2.24, 2.45) is 5.92 Å². The zero-order chi connectivity index (χ0) is 15.1. The standard InChI is InChI=1S/C15H19NO5/c1-11(14(17)20-10-13-7-19-8-13)16-15(18)21-9-12-5-3-2-4-6-12/h2-6,11,13H,7-10H2,1H3,(H,16,18). The van der Waals surface area contributed by atoms with Crippen molar-refractivity contribution >= 4 is 12.1 Å². The van der Waals surface area contributed by atoms with Crippen molar-refractivity contribution < 1.29 is 23.8 Å². The van der Waals surface area contributed by atoms with Gasteiger partial charge in [-0.2, -0.15) is 0 Å². The summed E-state index contributed by atoms with van der Waals surface area (Å²) in [5.41, 5.74) is 0.882. The second kappa shape index (κ2) is 7.64. The highest BCUT2D eigenvalue weighted by molar-refractivity contribution is 5.80. The van der Waals surface area contributed by atoms with Crippen molar-refractivity contribution in [3.8, 4) is 0 Å². The molecule has 1 saturated heterocycles. The van der Waals surface area contributed by atoms with E-state index in [1.807, 2.05) is 30.3 Å². The third-order valence-electron chi connectivity index (χ3n) is 3.07. The fourth-order valence-electron chi connectivity index (χ4n) is 1.71. The molecule has 1 atom stereocenters. The Labute approximate surface area is 123 Å². The monoisotopic (exact) mass is 293 g/mol. The molecule has 0 spiro atoms. The molecule has 1 heterocycles. The van der Waals surface area contributed by atoms with Crippen LogP contribution in [-0.4, -0.2) is 37.9 Å². The van der Waals surface area contributed by atoms with Gasteiger partial charge in [-0.15, -0.1) is 0 Å². The van der Waals surface area contributed by atoms with Crippen LogP contribution < -0.4 is 5.32 Å². The Morgan fingerprint density at radius 1 is 1.29 bits per heavy atom. The number of hydrogen-bond donors (Lipinski definition) is 1. The molecule has 6 heteroatoms. The van der Waals surface area contributed by atoms with E-state index in [1.54, 1.807) is 6.92 Å². The van der Waals surface area contributed by atoms with Crippen molar-refractivity contribution in [2.45, 2.75) is 19.6 Å². The first-order valence-corrected chi connectivity index (χ1v) is 6.86. The second-order valence-electron chi connectivity index (χ2n) is 4.96. The Morgan fingerprint density at radius 3 is 2.62 bits per heavy atom. The molecular formula is C15H19NO5. The molecule has 2 rings (SSSR count). The molecule has 1 amide bonds. The molecule has 0 aromatic heterocycles. The first-order chi connectivity index (χ1) is 10.1. The van der Waals surface area contributed by atoms with Crippen LogP contribution in [0.2, 0.25) is 0 Å². The van der Waals surface area contributed by atoms with E-state index in [0.29, 0.717) is 19.8 Å². The predicted molar refractivity (Wildman–Crippen MR) is 74.5 cm³/mol. The van der Waals surface area contributed by atoms with Gasteiger partial charge in [0, 0.05) is 5.92 Å². The Balaban J connectivity index is 1.64. The smallest absolute Gasteiger partial charge is 0.408 e. The summed E-state index contributed by atoms with van der Waals surface area (Å²) in [6.45, 7) is 3.28. The number of carbonyl (C=O) groups is 2. The van der Waals surface area contributed by atoms with Gasteiger partial charge in [0.25, 0.3) is 0 Å². The average molecular weight is 293 g/mol. The molecule has 0 saturated carbocycles. The van der Waals surface area contributed by atoms with E-state index in [4.69, 9.17) is 14.2 Å². The van der Waals surface area contributed by atoms with Crippen molar-refractivity contribution in [3.05, 3.63) is 35.9 Å². The summed E-state index contributed by atoms with van der Waals surface area (Å²) in [5.74, 6) is -0.204. The predicted octanol–water partition coefficient (Wildman–Crippen LogP) is 1.49. The summed E-state index contributed by atoms with van der Waals surface area (Å²) >= 11 is 0. The first-order valence-electron chi connectivity index (χ1n) is 6.86. The third kappa shape index (κ3) is 5.07. The molecule has 1 aromatic rings. The van der Waals surface area contributed by atoms with Gasteiger partial charge < -0.3 is 19.5 Å². The van der Waals surface area contributed by atoms with Crippen LogP contribution in [0.5, 0.6) is 0 Å². The maximum atomic E-state index is 11.7. The fraction of sp³-hybridized carbons (Fsp3) is 0.467. The van der Waals surface area contributed by atoms with Crippen molar-refractivity contribution in [2.75, 3.05) is 19.8 Å². The normalized spacial score (nSPS) is 15.7. The summed E-state index contributed by atoms with van der Waals surface area (Å²) in [6.07, 6.45) is -0.643. The molecule has 1 aliphatic rings. The molecule has 0 radical (unpaired) electrons. The number of hydrogen-bond acceptors (Lipinski definition) is 5. The topological polar surface area (TPSA) is 73.9 Å². The highest BCUT2D eigenvalue weighted by atomic mass is 16.6. The quantitative estimate of drug-likeness (QED) is 0.804. The van der Waals surface area contributed by atoms with E-state index in [0.717, 1.165) is 5.56 Å². The third-order valence-corrected chi connectivity index (χ3v) is 3.07. The summed E-state index contributed by atoms with van der Waals surface area (Å²) in [4.78, 5) is 23.2. The molecule has 21 heavy (non-hydrogen) atoms. The van der Waals surface area contributed by atoms with Crippen molar-refractivity contribution in [1.29, 1.82) is 0 Å². The van der Waals surface area contributed by atoms with Crippen LogP contribution in [-0.2, 0) is 25.6 Å². The van der Waals surface area contributed by atoms with Gasteiger partial charge >= 0.3 is 12.1 Å². The molecule has 114 valence electrons. The van der Waals surface area contributed by atoms with Crippen molar-refractivity contribution in [3.63, 3.8) is 0 Å². The molecule has 1 N–H and O–H groups in total. The van der Waals surface area contributed by atoms with Gasteiger partial charge in [-0.1, -0.05) is 30.3 Å². The Hall–Kier alpha value is -2.08. The van der Waals surface area contributed by atoms with Crippen LogP contribution in [0.25, 0.3) is 0 Å². The lowest BCUT2D eigenvalue weighted by Gasteiger charge is -2.25. The minimum absolute atomic E-state index is 0.161. The van der Waals surface area contributed by atoms with Gasteiger partial charge in [0.05, 0.1) is 19.8 Å². The number of amides is 1. The van der Waals surface area contributed by atoms with Crippen LogP contribution in [0.3, 0.4) is 0 Å². The van der Waals surface area contributed by atoms with E-state index in [-0.39, 0.29) is 12.5 Å². The first kappa shape index (κ1) is 15.3. The van der Waals surface area contributed by atoms with Crippen LogP contribution in [0.1, 0.15) is 12.5 Å². The van der Waals surface area contributed by atoms with Crippen LogP contribution in [0.15, 0.2) is 30.3 Å². The van der Waals surface area contributed by atoms with E-state index >= 15 is 0 Å². The highest BCUT2D eigenvalue weighted by Gasteiger charge is 2.23. The minimum Gasteiger partial charge on any atom is -0.464 e. The van der Waals surface area contributed by atoms with Gasteiger partial charge in [-0.05, 0) is 12.5 Å². The minimum atomic E-state index is -0.741. The average Bonchev–Trinajstić information content (AvgIpc) is 2.44. The SMILES string of the molecule is CC(NC(=O)OCc1ccccc1)C(=O)OCC1COC1. The van der Waals surface area contributed by atoms with E-state index in [9.17, 15) is 9.59 Å². The number of ether oxygens (including phenoxy) is 3. The summed E-state index contributed by atoms with van der Waals surface area (Å²) in [5, 5.41) is 2.44.